The molecule has 0 unspecified atom stereocenters. The molecule has 0 saturated heterocycles. The van der Waals surface area contributed by atoms with Crippen LogP contribution in [-0.4, -0.2) is 6.10 Å². The van der Waals surface area contributed by atoms with Gasteiger partial charge in [-0.15, -0.1) is 0 Å². The Morgan fingerprint density at radius 3 is 2.52 bits per heavy atom. The normalized spacial score (nSPS) is 10.8. The molecule has 0 saturated carbocycles. The van der Waals surface area contributed by atoms with E-state index in [2.05, 4.69) is 21.2 Å². The summed E-state index contributed by atoms with van der Waals surface area (Å²) in [5.41, 5.74) is 1.87. The monoisotopic (exact) mass is 387 g/mol. The van der Waals surface area contributed by atoms with Crippen molar-refractivity contribution < 1.29 is 4.74 Å². The molecule has 0 aliphatic carbocycles. The van der Waals surface area contributed by atoms with Gasteiger partial charge in [-0.2, -0.15) is 0 Å². The van der Waals surface area contributed by atoms with E-state index in [1.165, 1.54) is 0 Å². The maximum absolute atomic E-state index is 6.23. The number of hydrogen-bond acceptors (Lipinski definition) is 2. The third-order valence-corrected chi connectivity index (χ3v) is 4.61. The van der Waals surface area contributed by atoms with E-state index in [0.29, 0.717) is 16.6 Å². The molecule has 0 aliphatic rings. The summed E-state index contributed by atoms with van der Waals surface area (Å²) >= 11 is 15.7. The lowest BCUT2D eigenvalue weighted by atomic mass is 10.2. The first kappa shape index (κ1) is 16.5. The quantitative estimate of drug-likeness (QED) is 0.619. The lowest BCUT2D eigenvalue weighted by molar-refractivity contribution is 0.240. The van der Waals surface area contributed by atoms with E-state index in [0.717, 1.165) is 21.5 Å². The van der Waals surface area contributed by atoms with Crippen LogP contribution in [0, 0.1) is 0 Å². The molecule has 2 aromatic rings. The number of hydrogen-bond donors (Lipinski definition) is 1. The number of para-hydroxylation sites is 1. The van der Waals surface area contributed by atoms with Crippen molar-refractivity contribution in [1.82, 2.24) is 0 Å². The predicted molar refractivity (Wildman–Crippen MR) is 93.7 cm³/mol. The number of rotatable bonds is 5. The highest BCUT2D eigenvalue weighted by Gasteiger charge is 2.10. The largest absolute Gasteiger partial charge is 0.491 e. The maximum atomic E-state index is 6.23. The second kappa shape index (κ2) is 7.39. The van der Waals surface area contributed by atoms with E-state index in [-0.39, 0.29) is 6.10 Å². The van der Waals surface area contributed by atoms with Crippen molar-refractivity contribution in [3.63, 3.8) is 0 Å². The zero-order valence-electron chi connectivity index (χ0n) is 11.8. The van der Waals surface area contributed by atoms with Crippen LogP contribution in [0.3, 0.4) is 0 Å². The molecule has 0 spiro atoms. The van der Waals surface area contributed by atoms with Gasteiger partial charge in [0.2, 0.25) is 0 Å². The van der Waals surface area contributed by atoms with Gasteiger partial charge in [-0.1, -0.05) is 41.4 Å². The Morgan fingerprint density at radius 2 is 1.81 bits per heavy atom. The minimum Gasteiger partial charge on any atom is -0.491 e. The van der Waals surface area contributed by atoms with Crippen molar-refractivity contribution in [1.29, 1.82) is 0 Å². The summed E-state index contributed by atoms with van der Waals surface area (Å²) in [4.78, 5) is 0. The highest BCUT2D eigenvalue weighted by atomic mass is 79.9. The number of nitrogens with one attached hydrogen (secondary N) is 1. The molecule has 2 rings (SSSR count). The van der Waals surface area contributed by atoms with Gasteiger partial charge in [-0.05, 0) is 48.0 Å². The highest BCUT2D eigenvalue weighted by molar-refractivity contribution is 9.10. The van der Waals surface area contributed by atoms with E-state index < -0.39 is 0 Å². The van der Waals surface area contributed by atoms with E-state index in [4.69, 9.17) is 27.9 Å². The fourth-order valence-electron chi connectivity index (χ4n) is 1.87. The summed E-state index contributed by atoms with van der Waals surface area (Å²) in [7, 11) is 0. The van der Waals surface area contributed by atoms with Gasteiger partial charge >= 0.3 is 0 Å². The first-order chi connectivity index (χ1) is 9.99. The van der Waals surface area contributed by atoms with Crippen LogP contribution >= 0.6 is 39.1 Å². The first-order valence-electron chi connectivity index (χ1n) is 6.61. The molecular formula is C16H16BrCl2NO. The maximum Gasteiger partial charge on any atom is 0.124 e. The molecular weight excluding hydrogens is 373 g/mol. The standard InChI is InChI=1S/C16H16BrCl2NO/c1-10(2)21-14-6-4-3-5-11(14)9-20-13-8-7-12(17)15(18)16(13)19/h3-8,10,20H,9H2,1-2H3. The Kier molecular flexibility index (Phi) is 5.80. The van der Waals surface area contributed by atoms with Gasteiger partial charge in [-0.3, -0.25) is 0 Å². The van der Waals surface area contributed by atoms with E-state index in [1.54, 1.807) is 0 Å². The molecule has 2 nitrogen and oxygen atoms in total. The van der Waals surface area contributed by atoms with Gasteiger partial charge < -0.3 is 10.1 Å². The second-order valence-electron chi connectivity index (χ2n) is 4.85. The average Bonchev–Trinajstić information content (AvgIpc) is 2.45. The topological polar surface area (TPSA) is 21.3 Å². The van der Waals surface area contributed by atoms with Gasteiger partial charge in [0.25, 0.3) is 0 Å². The van der Waals surface area contributed by atoms with Crippen LogP contribution in [0.4, 0.5) is 5.69 Å². The summed E-state index contributed by atoms with van der Waals surface area (Å²) < 4.78 is 6.58. The highest BCUT2D eigenvalue weighted by Crippen LogP contribution is 2.36. The van der Waals surface area contributed by atoms with Crippen molar-refractivity contribution >= 4 is 44.8 Å². The summed E-state index contributed by atoms with van der Waals surface area (Å²) in [6, 6.07) is 11.7. The zero-order valence-corrected chi connectivity index (χ0v) is 14.9. The molecule has 21 heavy (non-hydrogen) atoms. The van der Waals surface area contributed by atoms with Crippen LogP contribution < -0.4 is 10.1 Å². The predicted octanol–water partition coefficient (Wildman–Crippen LogP) is 6.16. The lowest BCUT2D eigenvalue weighted by Crippen LogP contribution is -2.09. The minimum absolute atomic E-state index is 0.136. The van der Waals surface area contributed by atoms with E-state index in [9.17, 15) is 0 Å². The molecule has 2 aromatic carbocycles. The van der Waals surface area contributed by atoms with Crippen LogP contribution in [0.2, 0.25) is 10.0 Å². The van der Waals surface area contributed by atoms with Gasteiger partial charge in [0.1, 0.15) is 5.75 Å². The molecule has 0 radical (unpaired) electrons. The third-order valence-electron chi connectivity index (χ3n) is 2.84. The van der Waals surface area contributed by atoms with Crippen LogP contribution in [0.5, 0.6) is 5.75 Å². The summed E-state index contributed by atoms with van der Waals surface area (Å²) in [6.07, 6.45) is 0.136. The molecule has 0 fully saturated rings. The number of halogens is 3. The smallest absolute Gasteiger partial charge is 0.124 e. The Bertz CT molecular complexity index is 632. The fraction of sp³-hybridized carbons (Fsp3) is 0.250. The fourth-order valence-corrected chi connectivity index (χ4v) is 2.71. The van der Waals surface area contributed by atoms with Gasteiger partial charge in [-0.25, -0.2) is 0 Å². The summed E-state index contributed by atoms with van der Waals surface area (Å²) in [6.45, 7) is 4.63. The van der Waals surface area contributed by atoms with Gasteiger partial charge in [0.15, 0.2) is 0 Å². The van der Waals surface area contributed by atoms with Gasteiger partial charge in [0, 0.05) is 16.6 Å². The third kappa shape index (κ3) is 4.29. The van der Waals surface area contributed by atoms with Crippen molar-refractivity contribution in [2.75, 3.05) is 5.32 Å². The van der Waals surface area contributed by atoms with E-state index >= 15 is 0 Å². The Hall–Kier alpha value is -0.900. The lowest BCUT2D eigenvalue weighted by Gasteiger charge is -2.16. The van der Waals surface area contributed by atoms with Crippen molar-refractivity contribution in [3.8, 4) is 5.75 Å². The average molecular weight is 389 g/mol. The van der Waals surface area contributed by atoms with Crippen molar-refractivity contribution in [2.45, 2.75) is 26.5 Å². The Morgan fingerprint density at radius 1 is 1.10 bits per heavy atom. The SMILES string of the molecule is CC(C)Oc1ccccc1CNc1ccc(Br)c(Cl)c1Cl. The van der Waals surface area contributed by atoms with Gasteiger partial charge in [0.05, 0.1) is 21.8 Å². The Labute approximate surface area is 143 Å². The molecule has 0 heterocycles. The molecule has 0 amide bonds. The molecule has 5 heteroatoms. The van der Waals surface area contributed by atoms with Crippen molar-refractivity contribution in [3.05, 3.63) is 56.5 Å². The van der Waals surface area contributed by atoms with Crippen LogP contribution in [0.25, 0.3) is 0 Å². The number of benzene rings is 2. The molecule has 0 atom stereocenters. The number of ether oxygens (including phenoxy) is 1. The Balaban J connectivity index is 2.15. The molecule has 1 N–H and O–H groups in total. The molecule has 0 bridgehead atoms. The summed E-state index contributed by atoms with van der Waals surface area (Å²) in [5.74, 6) is 0.874. The zero-order chi connectivity index (χ0) is 15.4. The second-order valence-corrected chi connectivity index (χ2v) is 6.46. The van der Waals surface area contributed by atoms with Crippen LogP contribution in [-0.2, 0) is 6.54 Å². The van der Waals surface area contributed by atoms with Crippen LogP contribution in [0.1, 0.15) is 19.4 Å². The first-order valence-corrected chi connectivity index (χ1v) is 8.16. The van der Waals surface area contributed by atoms with E-state index in [1.807, 2.05) is 50.2 Å². The minimum atomic E-state index is 0.136. The molecule has 0 aliphatic heterocycles. The molecule has 0 aromatic heterocycles. The number of anilines is 1. The summed E-state index contributed by atoms with van der Waals surface area (Å²) in [5, 5.41) is 4.31. The molecule has 112 valence electrons. The van der Waals surface area contributed by atoms with Crippen molar-refractivity contribution in [2.24, 2.45) is 0 Å². The van der Waals surface area contributed by atoms with Crippen LogP contribution in [0.15, 0.2) is 40.9 Å².